The number of benzene rings is 1. The Kier molecular flexibility index (Phi) is 5.64. The molecule has 1 fully saturated rings. The molecule has 128 valence electrons. The number of aryl methyl sites for hydroxylation is 1. The van der Waals surface area contributed by atoms with Crippen molar-refractivity contribution in [3.8, 4) is 11.4 Å². The Hall–Kier alpha value is -2.14. The van der Waals surface area contributed by atoms with Gasteiger partial charge in [0.15, 0.2) is 0 Å². The van der Waals surface area contributed by atoms with Crippen molar-refractivity contribution in [1.82, 2.24) is 14.9 Å². The fraction of sp³-hybridized carbons (Fsp3) is 0.474. The number of rotatable bonds is 6. The van der Waals surface area contributed by atoms with Gasteiger partial charge in [-0.2, -0.15) is 0 Å². The lowest BCUT2D eigenvalue weighted by molar-refractivity contribution is -0.120. The van der Waals surface area contributed by atoms with Crippen LogP contribution in [-0.4, -0.2) is 28.5 Å². The van der Waals surface area contributed by atoms with E-state index in [0.29, 0.717) is 0 Å². The number of nitrogens with one attached hydrogen (secondary N) is 2. The topological polar surface area (TPSA) is 59.0 Å². The van der Waals surface area contributed by atoms with Crippen LogP contribution in [-0.2, 0) is 11.3 Å². The van der Waals surface area contributed by atoms with Gasteiger partial charge in [-0.05, 0) is 44.5 Å². The summed E-state index contributed by atoms with van der Waals surface area (Å²) in [6.45, 7) is 5.00. The molecule has 1 aliphatic heterocycles. The quantitative estimate of drug-likeness (QED) is 0.856. The number of hydrogen-bond donors (Lipinski definition) is 2. The van der Waals surface area contributed by atoms with Gasteiger partial charge < -0.3 is 15.2 Å². The van der Waals surface area contributed by atoms with Crippen LogP contribution in [0.2, 0.25) is 0 Å². The van der Waals surface area contributed by atoms with E-state index >= 15 is 0 Å². The standard InChI is InChI=1S/C19H26N4O/c1-2-3-12-23-13-11-21-18(23)16-5-4-6-17(14-16)22-19(24)15-7-9-20-10-8-15/h4-6,11,13-15,20H,2-3,7-10,12H2,1H3,(H,22,24). The number of anilines is 1. The molecule has 5 nitrogen and oxygen atoms in total. The van der Waals surface area contributed by atoms with E-state index in [0.717, 1.165) is 62.4 Å². The molecule has 24 heavy (non-hydrogen) atoms. The Bertz CT molecular complexity index is 674. The van der Waals surface area contributed by atoms with Crippen molar-refractivity contribution >= 4 is 11.6 Å². The number of aromatic nitrogens is 2. The molecule has 0 atom stereocenters. The summed E-state index contributed by atoms with van der Waals surface area (Å²) in [6.07, 6.45) is 7.97. The molecule has 2 aromatic rings. The molecule has 1 saturated heterocycles. The number of nitrogens with zero attached hydrogens (tertiary/aromatic N) is 2. The molecule has 2 heterocycles. The van der Waals surface area contributed by atoms with E-state index in [-0.39, 0.29) is 11.8 Å². The maximum Gasteiger partial charge on any atom is 0.227 e. The van der Waals surface area contributed by atoms with Gasteiger partial charge in [0, 0.05) is 36.1 Å². The van der Waals surface area contributed by atoms with Crippen LogP contribution in [0, 0.1) is 5.92 Å². The van der Waals surface area contributed by atoms with Crippen molar-refractivity contribution in [3.63, 3.8) is 0 Å². The van der Waals surface area contributed by atoms with E-state index in [1.165, 1.54) is 0 Å². The highest BCUT2D eigenvalue weighted by atomic mass is 16.1. The monoisotopic (exact) mass is 326 g/mol. The van der Waals surface area contributed by atoms with Gasteiger partial charge >= 0.3 is 0 Å². The summed E-state index contributed by atoms with van der Waals surface area (Å²) in [5, 5.41) is 6.37. The second kappa shape index (κ2) is 8.11. The largest absolute Gasteiger partial charge is 0.331 e. The number of hydrogen-bond acceptors (Lipinski definition) is 3. The molecule has 2 N–H and O–H groups in total. The zero-order valence-electron chi connectivity index (χ0n) is 14.3. The van der Waals surface area contributed by atoms with Crippen molar-refractivity contribution in [3.05, 3.63) is 36.7 Å². The van der Waals surface area contributed by atoms with Gasteiger partial charge in [-0.3, -0.25) is 4.79 Å². The predicted molar refractivity (Wildman–Crippen MR) is 96.8 cm³/mol. The summed E-state index contributed by atoms with van der Waals surface area (Å²) in [5.41, 5.74) is 1.89. The second-order valence-corrected chi connectivity index (χ2v) is 6.39. The highest BCUT2D eigenvalue weighted by Crippen LogP contribution is 2.23. The summed E-state index contributed by atoms with van der Waals surface area (Å²) in [7, 11) is 0. The summed E-state index contributed by atoms with van der Waals surface area (Å²) in [4.78, 5) is 16.9. The second-order valence-electron chi connectivity index (χ2n) is 6.39. The summed E-state index contributed by atoms with van der Waals surface area (Å²) < 4.78 is 2.18. The molecule has 3 rings (SSSR count). The van der Waals surface area contributed by atoms with Crippen molar-refractivity contribution < 1.29 is 4.79 Å². The number of carbonyl (C=O) groups excluding carboxylic acids is 1. The third-order valence-corrected chi connectivity index (χ3v) is 4.57. The van der Waals surface area contributed by atoms with Crippen LogP contribution in [0.5, 0.6) is 0 Å². The van der Waals surface area contributed by atoms with Crippen molar-refractivity contribution in [2.75, 3.05) is 18.4 Å². The molecule has 1 aromatic heterocycles. The summed E-state index contributed by atoms with van der Waals surface area (Å²) in [6, 6.07) is 7.99. The van der Waals surface area contributed by atoms with Crippen molar-refractivity contribution in [2.45, 2.75) is 39.2 Å². The normalized spacial score (nSPS) is 15.4. The molecule has 1 aliphatic rings. The van der Waals surface area contributed by atoms with Gasteiger partial charge in [0.2, 0.25) is 5.91 Å². The highest BCUT2D eigenvalue weighted by Gasteiger charge is 2.21. The predicted octanol–water partition coefficient (Wildman–Crippen LogP) is 3.29. The van der Waals surface area contributed by atoms with Gasteiger partial charge in [0.25, 0.3) is 0 Å². The minimum Gasteiger partial charge on any atom is -0.331 e. The minimum absolute atomic E-state index is 0.112. The maximum atomic E-state index is 12.4. The Balaban J connectivity index is 1.72. The van der Waals surface area contributed by atoms with Crippen LogP contribution in [0.1, 0.15) is 32.6 Å². The van der Waals surface area contributed by atoms with Gasteiger partial charge in [0.05, 0.1) is 0 Å². The molecule has 0 bridgehead atoms. The number of imidazole rings is 1. The highest BCUT2D eigenvalue weighted by molar-refractivity contribution is 5.93. The lowest BCUT2D eigenvalue weighted by Gasteiger charge is -2.21. The van der Waals surface area contributed by atoms with Crippen LogP contribution in [0.3, 0.4) is 0 Å². The van der Waals surface area contributed by atoms with Crippen LogP contribution >= 0.6 is 0 Å². The van der Waals surface area contributed by atoms with Gasteiger partial charge in [-0.1, -0.05) is 25.5 Å². The average molecular weight is 326 g/mol. The zero-order chi connectivity index (χ0) is 16.8. The van der Waals surface area contributed by atoms with Gasteiger partial charge in [-0.15, -0.1) is 0 Å². The maximum absolute atomic E-state index is 12.4. The van der Waals surface area contributed by atoms with Crippen LogP contribution in [0.25, 0.3) is 11.4 Å². The molecule has 0 spiro atoms. The lowest BCUT2D eigenvalue weighted by Crippen LogP contribution is -2.34. The van der Waals surface area contributed by atoms with E-state index in [1.807, 2.05) is 36.7 Å². The van der Waals surface area contributed by atoms with Crippen LogP contribution < -0.4 is 10.6 Å². The molecule has 0 aliphatic carbocycles. The lowest BCUT2D eigenvalue weighted by atomic mass is 9.97. The van der Waals surface area contributed by atoms with Crippen molar-refractivity contribution in [2.24, 2.45) is 5.92 Å². The van der Waals surface area contributed by atoms with E-state index < -0.39 is 0 Å². The van der Waals surface area contributed by atoms with Crippen molar-refractivity contribution in [1.29, 1.82) is 0 Å². The Labute approximate surface area is 143 Å². The smallest absolute Gasteiger partial charge is 0.227 e. The SMILES string of the molecule is CCCCn1ccnc1-c1cccc(NC(=O)C2CCNCC2)c1. The van der Waals surface area contributed by atoms with Gasteiger partial charge in [-0.25, -0.2) is 4.98 Å². The van der Waals surface area contributed by atoms with E-state index in [1.54, 1.807) is 0 Å². The number of unbranched alkanes of at least 4 members (excludes halogenated alkanes) is 1. The molecule has 0 radical (unpaired) electrons. The molecule has 0 saturated carbocycles. The van der Waals surface area contributed by atoms with E-state index in [2.05, 4.69) is 27.1 Å². The molecule has 5 heteroatoms. The fourth-order valence-electron chi connectivity index (χ4n) is 3.14. The first kappa shape index (κ1) is 16.7. The Morgan fingerprint density at radius 3 is 3.00 bits per heavy atom. The van der Waals surface area contributed by atoms with Crippen LogP contribution in [0.4, 0.5) is 5.69 Å². The molecular weight excluding hydrogens is 300 g/mol. The number of carbonyl (C=O) groups is 1. The summed E-state index contributed by atoms with van der Waals surface area (Å²) >= 11 is 0. The first-order valence-electron chi connectivity index (χ1n) is 8.91. The molecular formula is C19H26N4O. The molecule has 1 aromatic carbocycles. The zero-order valence-corrected chi connectivity index (χ0v) is 14.3. The van der Waals surface area contributed by atoms with Gasteiger partial charge in [0.1, 0.15) is 5.82 Å². The third-order valence-electron chi connectivity index (χ3n) is 4.57. The Morgan fingerprint density at radius 1 is 1.38 bits per heavy atom. The number of piperidine rings is 1. The fourth-order valence-corrected chi connectivity index (χ4v) is 3.14. The third kappa shape index (κ3) is 4.03. The Morgan fingerprint density at radius 2 is 2.21 bits per heavy atom. The van der Waals surface area contributed by atoms with E-state index in [9.17, 15) is 4.79 Å². The first-order chi connectivity index (χ1) is 11.8. The van der Waals surface area contributed by atoms with Crippen LogP contribution in [0.15, 0.2) is 36.7 Å². The molecule has 1 amide bonds. The summed E-state index contributed by atoms with van der Waals surface area (Å²) in [5.74, 6) is 1.20. The minimum atomic E-state index is 0.112. The first-order valence-corrected chi connectivity index (χ1v) is 8.91. The number of amides is 1. The molecule has 0 unspecified atom stereocenters. The van der Waals surface area contributed by atoms with E-state index in [4.69, 9.17) is 0 Å². The average Bonchev–Trinajstić information content (AvgIpc) is 3.09.